The summed E-state index contributed by atoms with van der Waals surface area (Å²) in [6.07, 6.45) is 0.920. The van der Waals surface area contributed by atoms with Crippen molar-refractivity contribution in [2.75, 3.05) is 39.3 Å². The number of hydrogen-bond acceptors (Lipinski definition) is 5. The van der Waals surface area contributed by atoms with Crippen LogP contribution in [0.5, 0.6) is 0 Å². The lowest BCUT2D eigenvalue weighted by molar-refractivity contribution is -0.134. The molecule has 1 aromatic heterocycles. The molecule has 1 saturated heterocycles. The molecule has 2 N–H and O–H groups in total. The van der Waals surface area contributed by atoms with Gasteiger partial charge in [0.05, 0.1) is 11.4 Å². The Morgan fingerprint density at radius 3 is 2.56 bits per heavy atom. The van der Waals surface area contributed by atoms with Crippen LogP contribution in [0.1, 0.15) is 29.9 Å². The molecule has 3 amide bonds. The first kappa shape index (κ1) is 19.4. The lowest BCUT2D eigenvalue weighted by Gasteiger charge is -2.35. The first-order valence-electron chi connectivity index (χ1n) is 8.63. The van der Waals surface area contributed by atoms with E-state index >= 15 is 0 Å². The van der Waals surface area contributed by atoms with Gasteiger partial charge in [-0.2, -0.15) is 0 Å². The van der Waals surface area contributed by atoms with Crippen LogP contribution < -0.4 is 10.6 Å². The molecule has 0 aliphatic carbocycles. The Morgan fingerprint density at radius 1 is 1.24 bits per heavy atom. The van der Waals surface area contributed by atoms with Gasteiger partial charge < -0.3 is 15.5 Å². The fraction of sp³-hybridized carbons (Fsp3) is 0.588. The molecule has 2 rings (SSSR count). The Labute approximate surface area is 152 Å². The highest BCUT2D eigenvalue weighted by atomic mass is 32.1. The number of piperazine rings is 1. The van der Waals surface area contributed by atoms with Gasteiger partial charge in [0.2, 0.25) is 11.8 Å². The maximum absolute atomic E-state index is 12.5. The van der Waals surface area contributed by atoms with Gasteiger partial charge in [0, 0.05) is 32.7 Å². The van der Waals surface area contributed by atoms with Crippen molar-refractivity contribution < 1.29 is 14.4 Å². The fourth-order valence-electron chi connectivity index (χ4n) is 2.66. The number of thiophene rings is 1. The van der Waals surface area contributed by atoms with E-state index in [1.165, 1.54) is 11.3 Å². The molecule has 0 bridgehead atoms. The highest BCUT2D eigenvalue weighted by Crippen LogP contribution is 2.09. The predicted molar refractivity (Wildman–Crippen MR) is 97.6 cm³/mol. The second-order valence-corrected chi connectivity index (χ2v) is 7.07. The average molecular weight is 366 g/mol. The number of rotatable bonds is 7. The minimum Gasteiger partial charge on any atom is -0.355 e. The van der Waals surface area contributed by atoms with E-state index in [1.807, 2.05) is 23.3 Å². The lowest BCUT2D eigenvalue weighted by Crippen LogP contribution is -2.55. The molecule has 0 saturated carbocycles. The number of hydrogen-bond donors (Lipinski definition) is 2. The molecule has 1 atom stereocenters. The van der Waals surface area contributed by atoms with Crippen LogP contribution in [0.2, 0.25) is 0 Å². The zero-order valence-electron chi connectivity index (χ0n) is 14.8. The SMILES string of the molecule is CCCNC(=O)CN1CCN(C(=O)C(C)NC(=O)c2cccs2)CC1. The summed E-state index contributed by atoms with van der Waals surface area (Å²) in [7, 11) is 0. The van der Waals surface area contributed by atoms with Gasteiger partial charge in [-0.3, -0.25) is 19.3 Å². The Hall–Kier alpha value is -1.93. The van der Waals surface area contributed by atoms with Gasteiger partial charge in [-0.15, -0.1) is 11.3 Å². The fourth-order valence-corrected chi connectivity index (χ4v) is 3.29. The van der Waals surface area contributed by atoms with Gasteiger partial charge in [0.1, 0.15) is 6.04 Å². The molecule has 25 heavy (non-hydrogen) atoms. The number of carbonyl (C=O) groups excluding carboxylic acids is 3. The smallest absolute Gasteiger partial charge is 0.261 e. The van der Waals surface area contributed by atoms with Crippen molar-refractivity contribution in [3.8, 4) is 0 Å². The van der Waals surface area contributed by atoms with E-state index in [0.29, 0.717) is 44.1 Å². The van der Waals surface area contributed by atoms with Crippen molar-refractivity contribution in [1.82, 2.24) is 20.4 Å². The van der Waals surface area contributed by atoms with Crippen LogP contribution in [0.4, 0.5) is 0 Å². The monoisotopic (exact) mass is 366 g/mol. The number of nitrogens with zero attached hydrogens (tertiary/aromatic N) is 2. The van der Waals surface area contributed by atoms with E-state index in [9.17, 15) is 14.4 Å². The van der Waals surface area contributed by atoms with Crippen molar-refractivity contribution in [3.63, 3.8) is 0 Å². The minimum atomic E-state index is -0.561. The predicted octanol–water partition coefficient (Wildman–Crippen LogP) is 0.537. The topological polar surface area (TPSA) is 81.8 Å². The van der Waals surface area contributed by atoms with Crippen molar-refractivity contribution in [1.29, 1.82) is 0 Å². The lowest BCUT2D eigenvalue weighted by atomic mass is 10.2. The van der Waals surface area contributed by atoms with Gasteiger partial charge in [0.25, 0.3) is 5.91 Å². The minimum absolute atomic E-state index is 0.0261. The first-order valence-corrected chi connectivity index (χ1v) is 9.51. The average Bonchev–Trinajstić information content (AvgIpc) is 3.14. The molecule has 0 spiro atoms. The summed E-state index contributed by atoms with van der Waals surface area (Å²) in [5.74, 6) is -0.278. The van der Waals surface area contributed by atoms with E-state index in [0.717, 1.165) is 6.42 Å². The Balaban J connectivity index is 1.74. The Kier molecular flexibility index (Phi) is 7.39. The molecule has 0 aromatic carbocycles. The van der Waals surface area contributed by atoms with Crippen LogP contribution >= 0.6 is 11.3 Å². The van der Waals surface area contributed by atoms with E-state index in [2.05, 4.69) is 10.6 Å². The van der Waals surface area contributed by atoms with E-state index in [-0.39, 0.29) is 17.7 Å². The first-order chi connectivity index (χ1) is 12.0. The summed E-state index contributed by atoms with van der Waals surface area (Å²) in [5, 5.41) is 7.44. The summed E-state index contributed by atoms with van der Waals surface area (Å²) >= 11 is 1.35. The molecule has 138 valence electrons. The summed E-state index contributed by atoms with van der Waals surface area (Å²) in [6.45, 7) is 7.25. The van der Waals surface area contributed by atoms with Crippen LogP contribution in [0.3, 0.4) is 0 Å². The Bertz CT molecular complexity index is 583. The second-order valence-electron chi connectivity index (χ2n) is 6.12. The number of amides is 3. The maximum Gasteiger partial charge on any atom is 0.261 e. The normalized spacial score (nSPS) is 16.3. The standard InChI is InChI=1S/C17H26N4O3S/c1-3-6-18-15(22)12-20-7-9-21(10-8-20)17(24)13(2)19-16(23)14-5-4-11-25-14/h4-5,11,13H,3,6-10,12H2,1-2H3,(H,18,22)(H,19,23). The quantitative estimate of drug-likeness (QED) is 0.738. The van der Waals surface area contributed by atoms with Gasteiger partial charge in [-0.05, 0) is 24.8 Å². The molecule has 7 nitrogen and oxygen atoms in total. The van der Waals surface area contributed by atoms with Crippen molar-refractivity contribution in [3.05, 3.63) is 22.4 Å². The zero-order chi connectivity index (χ0) is 18.2. The van der Waals surface area contributed by atoms with Crippen LogP contribution in [0.15, 0.2) is 17.5 Å². The summed E-state index contributed by atoms with van der Waals surface area (Å²) in [4.78, 5) is 40.7. The molecule has 2 heterocycles. The summed E-state index contributed by atoms with van der Waals surface area (Å²) < 4.78 is 0. The van der Waals surface area contributed by atoms with Gasteiger partial charge in [0.15, 0.2) is 0 Å². The largest absolute Gasteiger partial charge is 0.355 e. The van der Waals surface area contributed by atoms with Crippen LogP contribution in [-0.2, 0) is 9.59 Å². The van der Waals surface area contributed by atoms with Gasteiger partial charge in [-0.25, -0.2) is 0 Å². The van der Waals surface area contributed by atoms with E-state index < -0.39 is 6.04 Å². The molecule has 1 unspecified atom stereocenters. The molecule has 1 fully saturated rings. The molecule has 1 aromatic rings. The molecular formula is C17H26N4O3S. The van der Waals surface area contributed by atoms with Crippen molar-refractivity contribution in [2.45, 2.75) is 26.3 Å². The molecule has 1 aliphatic rings. The molecule has 0 radical (unpaired) electrons. The highest BCUT2D eigenvalue weighted by Gasteiger charge is 2.26. The van der Waals surface area contributed by atoms with E-state index in [1.54, 1.807) is 17.9 Å². The molecular weight excluding hydrogens is 340 g/mol. The zero-order valence-corrected chi connectivity index (χ0v) is 15.6. The third-order valence-corrected chi connectivity index (χ3v) is 4.95. The van der Waals surface area contributed by atoms with Crippen molar-refractivity contribution >= 4 is 29.1 Å². The Morgan fingerprint density at radius 2 is 1.96 bits per heavy atom. The highest BCUT2D eigenvalue weighted by molar-refractivity contribution is 7.12. The van der Waals surface area contributed by atoms with Crippen LogP contribution in [0.25, 0.3) is 0 Å². The number of nitrogens with one attached hydrogen (secondary N) is 2. The summed E-state index contributed by atoms with van der Waals surface area (Å²) in [6, 6.07) is 2.98. The van der Waals surface area contributed by atoms with Crippen molar-refractivity contribution in [2.24, 2.45) is 0 Å². The van der Waals surface area contributed by atoms with E-state index in [4.69, 9.17) is 0 Å². The van der Waals surface area contributed by atoms with Gasteiger partial charge in [-0.1, -0.05) is 13.0 Å². The maximum atomic E-state index is 12.5. The second kappa shape index (κ2) is 9.53. The van der Waals surface area contributed by atoms with Gasteiger partial charge >= 0.3 is 0 Å². The third kappa shape index (κ3) is 5.82. The van der Waals surface area contributed by atoms with Crippen LogP contribution in [-0.4, -0.2) is 72.8 Å². The molecule has 8 heteroatoms. The summed E-state index contributed by atoms with van der Waals surface area (Å²) in [5.41, 5.74) is 0. The third-order valence-electron chi connectivity index (χ3n) is 4.09. The number of carbonyl (C=O) groups is 3. The molecule has 1 aliphatic heterocycles. The van der Waals surface area contributed by atoms with Crippen LogP contribution in [0, 0.1) is 0 Å².